The third-order valence-electron chi connectivity index (χ3n) is 5.02. The van der Waals surface area contributed by atoms with Gasteiger partial charge in [-0.1, -0.05) is 13.8 Å². The van der Waals surface area contributed by atoms with E-state index in [4.69, 9.17) is 0 Å². The Morgan fingerprint density at radius 1 is 1.17 bits per heavy atom. The van der Waals surface area contributed by atoms with Gasteiger partial charge in [-0.2, -0.15) is 5.10 Å². The molecule has 3 aromatic rings. The van der Waals surface area contributed by atoms with Crippen molar-refractivity contribution in [2.75, 3.05) is 24.5 Å². The Morgan fingerprint density at radius 2 is 1.93 bits per heavy atom. The maximum atomic E-state index is 14.3. The van der Waals surface area contributed by atoms with Crippen LogP contribution in [0.1, 0.15) is 26.7 Å². The van der Waals surface area contributed by atoms with Crippen molar-refractivity contribution >= 4 is 17.4 Å². The summed E-state index contributed by atoms with van der Waals surface area (Å²) in [6, 6.07) is 7.45. The summed E-state index contributed by atoms with van der Waals surface area (Å²) in [4.78, 5) is 33.9. The lowest BCUT2D eigenvalue weighted by Crippen LogP contribution is -2.39. The minimum absolute atomic E-state index is 0.159. The number of anilines is 2. The van der Waals surface area contributed by atoms with Crippen LogP contribution in [0.2, 0.25) is 0 Å². The normalized spacial score (nSPS) is 12.3. The number of hydrogen-bond acceptors (Lipinski definition) is 5. The lowest BCUT2D eigenvalue weighted by molar-refractivity contribution is -0.119. The fraction of sp³-hybridized carbons (Fsp3) is 0.333. The van der Waals surface area contributed by atoms with Gasteiger partial charge in [-0.3, -0.25) is 14.6 Å². The van der Waals surface area contributed by atoms with Crippen LogP contribution >= 0.6 is 0 Å². The van der Waals surface area contributed by atoms with Gasteiger partial charge in [-0.15, -0.1) is 0 Å². The van der Waals surface area contributed by atoms with Crippen LogP contribution in [0.3, 0.4) is 0 Å². The fourth-order valence-corrected chi connectivity index (χ4v) is 3.85. The molecule has 156 valence electrons. The Kier molecular flexibility index (Phi) is 5.45. The highest BCUT2D eigenvalue weighted by Crippen LogP contribution is 2.40. The molecule has 4 rings (SSSR count). The van der Waals surface area contributed by atoms with Crippen molar-refractivity contribution < 1.29 is 9.18 Å². The SMILES string of the molecule is CCCN(CCC)CC(=O)N1c2cc(F)ccc2-n2c(n[nH]c2=O)-c2cccnc21. The number of nitrogens with one attached hydrogen (secondary N) is 1. The highest BCUT2D eigenvalue weighted by molar-refractivity contribution is 6.06. The molecule has 1 N–H and O–H groups in total. The number of carbonyl (C=O) groups excluding carboxylic acids is 1. The molecule has 0 spiro atoms. The van der Waals surface area contributed by atoms with Gasteiger partial charge in [0.1, 0.15) is 5.82 Å². The zero-order valence-corrected chi connectivity index (χ0v) is 16.9. The third kappa shape index (κ3) is 3.41. The van der Waals surface area contributed by atoms with Gasteiger partial charge in [0.05, 0.1) is 23.5 Å². The van der Waals surface area contributed by atoms with E-state index in [1.807, 2.05) is 0 Å². The number of benzene rings is 1. The maximum absolute atomic E-state index is 14.3. The number of H-pyrrole nitrogens is 1. The molecule has 1 amide bonds. The van der Waals surface area contributed by atoms with Crippen LogP contribution in [0, 0.1) is 5.82 Å². The average Bonchev–Trinajstić information content (AvgIpc) is 3.05. The maximum Gasteiger partial charge on any atom is 0.348 e. The van der Waals surface area contributed by atoms with Crippen LogP contribution in [-0.4, -0.2) is 50.2 Å². The second-order valence-corrected chi connectivity index (χ2v) is 7.20. The zero-order chi connectivity index (χ0) is 21.3. The van der Waals surface area contributed by atoms with Crippen LogP contribution in [0.5, 0.6) is 0 Å². The van der Waals surface area contributed by atoms with Crippen molar-refractivity contribution in [1.29, 1.82) is 0 Å². The molecule has 0 unspecified atom stereocenters. The smallest absolute Gasteiger partial charge is 0.295 e. The van der Waals surface area contributed by atoms with E-state index in [2.05, 4.69) is 33.9 Å². The number of hydrogen-bond donors (Lipinski definition) is 1. The second-order valence-electron chi connectivity index (χ2n) is 7.20. The number of halogens is 1. The molecular weight excluding hydrogens is 387 g/mol. The molecule has 0 saturated carbocycles. The molecule has 1 aliphatic rings. The van der Waals surface area contributed by atoms with Gasteiger partial charge in [0, 0.05) is 12.3 Å². The van der Waals surface area contributed by atoms with Crippen molar-refractivity contribution in [3.05, 3.63) is 52.8 Å². The van der Waals surface area contributed by atoms with E-state index >= 15 is 0 Å². The minimum atomic E-state index is -0.511. The van der Waals surface area contributed by atoms with Crippen LogP contribution in [0.4, 0.5) is 15.9 Å². The molecule has 2 aromatic heterocycles. The Morgan fingerprint density at radius 3 is 2.67 bits per heavy atom. The quantitative estimate of drug-likeness (QED) is 0.675. The van der Waals surface area contributed by atoms with Crippen LogP contribution in [0.25, 0.3) is 17.1 Å². The third-order valence-corrected chi connectivity index (χ3v) is 5.02. The highest BCUT2D eigenvalue weighted by atomic mass is 19.1. The molecule has 8 nitrogen and oxygen atoms in total. The van der Waals surface area contributed by atoms with Crippen molar-refractivity contribution in [2.45, 2.75) is 26.7 Å². The van der Waals surface area contributed by atoms with Crippen LogP contribution in [0.15, 0.2) is 41.3 Å². The number of rotatable bonds is 6. The molecule has 0 atom stereocenters. The number of pyridine rings is 1. The van der Waals surface area contributed by atoms with Gasteiger partial charge in [-0.25, -0.2) is 23.8 Å². The van der Waals surface area contributed by atoms with E-state index in [-0.39, 0.29) is 18.1 Å². The van der Waals surface area contributed by atoms with Crippen molar-refractivity contribution in [1.82, 2.24) is 24.6 Å². The zero-order valence-electron chi connectivity index (χ0n) is 16.9. The van der Waals surface area contributed by atoms with Gasteiger partial charge < -0.3 is 0 Å². The first kappa shape index (κ1) is 20.0. The molecular formula is C21H23FN6O2. The molecule has 30 heavy (non-hydrogen) atoms. The summed E-state index contributed by atoms with van der Waals surface area (Å²) in [6.07, 6.45) is 3.39. The van der Waals surface area contributed by atoms with Crippen molar-refractivity contribution in [3.63, 3.8) is 0 Å². The average molecular weight is 410 g/mol. The van der Waals surface area contributed by atoms with Gasteiger partial charge in [0.25, 0.3) is 0 Å². The summed E-state index contributed by atoms with van der Waals surface area (Å²) in [7, 11) is 0. The minimum Gasteiger partial charge on any atom is -0.295 e. The number of aromatic amines is 1. The Bertz CT molecular complexity index is 1130. The van der Waals surface area contributed by atoms with Gasteiger partial charge in [0.15, 0.2) is 11.6 Å². The largest absolute Gasteiger partial charge is 0.348 e. The Hall–Kier alpha value is -3.33. The second kappa shape index (κ2) is 8.19. The lowest BCUT2D eigenvalue weighted by atomic mass is 10.2. The highest BCUT2D eigenvalue weighted by Gasteiger charge is 2.32. The number of fused-ring (bicyclic) bond motifs is 5. The molecule has 1 aromatic carbocycles. The summed E-state index contributed by atoms with van der Waals surface area (Å²) >= 11 is 0. The summed E-state index contributed by atoms with van der Waals surface area (Å²) in [5.74, 6) is -0.112. The summed E-state index contributed by atoms with van der Waals surface area (Å²) in [5, 5.41) is 6.57. The van der Waals surface area contributed by atoms with Crippen molar-refractivity contribution in [2.24, 2.45) is 0 Å². The number of nitrogens with zero attached hydrogens (tertiary/aromatic N) is 5. The van der Waals surface area contributed by atoms with E-state index in [1.165, 1.54) is 27.7 Å². The topological polar surface area (TPSA) is 87.1 Å². The molecule has 0 aliphatic carbocycles. The molecule has 3 heterocycles. The Labute approximate surface area is 173 Å². The fourth-order valence-electron chi connectivity index (χ4n) is 3.85. The molecule has 0 bridgehead atoms. The summed E-state index contributed by atoms with van der Waals surface area (Å²) < 4.78 is 15.6. The molecule has 9 heteroatoms. The lowest BCUT2D eigenvalue weighted by Gasteiger charge is -2.27. The van der Waals surface area contributed by atoms with Gasteiger partial charge in [0.2, 0.25) is 5.91 Å². The Balaban J connectivity index is 1.91. The van der Waals surface area contributed by atoms with Crippen LogP contribution < -0.4 is 10.6 Å². The summed E-state index contributed by atoms with van der Waals surface area (Å²) in [6.45, 7) is 5.84. The van der Waals surface area contributed by atoms with E-state index in [0.29, 0.717) is 22.9 Å². The molecule has 0 saturated heterocycles. The number of carbonyl (C=O) groups is 1. The van der Waals surface area contributed by atoms with E-state index in [9.17, 15) is 14.0 Å². The molecule has 0 fully saturated rings. The first-order valence-electron chi connectivity index (χ1n) is 10.0. The monoisotopic (exact) mass is 410 g/mol. The van der Waals surface area contributed by atoms with E-state index in [1.54, 1.807) is 18.3 Å². The summed E-state index contributed by atoms with van der Waals surface area (Å²) in [5.41, 5.74) is 0.670. The van der Waals surface area contributed by atoms with Crippen molar-refractivity contribution in [3.8, 4) is 17.1 Å². The molecule has 0 radical (unpaired) electrons. The van der Waals surface area contributed by atoms with Gasteiger partial charge >= 0.3 is 5.69 Å². The number of aromatic nitrogens is 4. The standard InChI is InChI=1S/C21H23FN6O2/c1-3-10-26(11-4-2)13-18(29)27-17-12-14(22)7-8-16(17)28-20(24-25-21(28)30)15-6-5-9-23-19(15)27/h5-9,12H,3-4,10-11,13H2,1-2H3,(H,25,30). The first-order chi connectivity index (χ1) is 14.5. The first-order valence-corrected chi connectivity index (χ1v) is 10.0. The predicted octanol–water partition coefficient (Wildman–Crippen LogP) is 2.86. The van der Waals surface area contributed by atoms with E-state index in [0.717, 1.165) is 25.9 Å². The number of amides is 1. The molecule has 1 aliphatic heterocycles. The van der Waals surface area contributed by atoms with Crippen LogP contribution in [-0.2, 0) is 4.79 Å². The van der Waals surface area contributed by atoms with E-state index < -0.39 is 11.5 Å². The predicted molar refractivity (Wildman–Crippen MR) is 112 cm³/mol. The van der Waals surface area contributed by atoms with Gasteiger partial charge in [-0.05, 0) is 50.2 Å².